The normalized spacial score (nSPS) is 37.1. The zero-order chi connectivity index (χ0) is 9.97. The molecule has 2 aliphatic rings. The molecule has 0 spiro atoms. The molecule has 2 unspecified atom stereocenters. The molecule has 0 N–H and O–H groups in total. The van der Waals surface area contributed by atoms with Gasteiger partial charge < -0.3 is 13.9 Å². The summed E-state index contributed by atoms with van der Waals surface area (Å²) < 4.78 is 28.2. The fourth-order valence-electron chi connectivity index (χ4n) is 1.96. The number of hydrogen-bond acceptors (Lipinski definition) is 4. The number of hydrogen-bond donors (Lipinski definition) is 0. The summed E-state index contributed by atoms with van der Waals surface area (Å²) in [5, 5.41) is 0. The van der Waals surface area contributed by atoms with E-state index in [2.05, 4.69) is 4.90 Å². The summed E-state index contributed by atoms with van der Waals surface area (Å²) in [4.78, 5) is 2.20. The lowest BCUT2D eigenvalue weighted by molar-refractivity contribution is -0.0399. The highest BCUT2D eigenvalue weighted by Gasteiger charge is 2.27. The number of ether oxygens (including phenoxy) is 1. The summed E-state index contributed by atoms with van der Waals surface area (Å²) in [5.74, 6) is 0. The predicted octanol–water partition coefficient (Wildman–Crippen LogP) is 0.778. The van der Waals surface area contributed by atoms with Crippen LogP contribution in [0.3, 0.4) is 0 Å². The lowest BCUT2D eigenvalue weighted by atomic mass is 10.4. The highest BCUT2D eigenvalue weighted by atomic mass is 31.1. The van der Waals surface area contributed by atoms with Gasteiger partial charge in [0.15, 0.2) is 0 Å². The quantitative estimate of drug-likeness (QED) is 0.632. The van der Waals surface area contributed by atoms with Gasteiger partial charge in [0.2, 0.25) is 0 Å². The van der Waals surface area contributed by atoms with Crippen LogP contribution in [0.25, 0.3) is 0 Å². The fourth-order valence-corrected chi connectivity index (χ4v) is 4.60. The van der Waals surface area contributed by atoms with Crippen molar-refractivity contribution in [1.82, 2.24) is 4.90 Å². The van der Waals surface area contributed by atoms with Crippen molar-refractivity contribution in [2.45, 2.75) is 6.23 Å². The highest BCUT2D eigenvalue weighted by Crippen LogP contribution is 2.31. The average molecular weight is 237 g/mol. The molecule has 0 bridgehead atoms. The Hall–Kier alpha value is 0.380. The van der Waals surface area contributed by atoms with Crippen LogP contribution in [-0.4, -0.2) is 55.5 Å². The van der Waals surface area contributed by atoms with Crippen LogP contribution in [0.15, 0.2) is 0 Å². The first-order valence-electron chi connectivity index (χ1n) is 5.15. The van der Waals surface area contributed by atoms with Gasteiger partial charge in [-0.3, -0.25) is 4.90 Å². The molecule has 2 rings (SSSR count). The Labute approximate surface area is 85.6 Å². The van der Waals surface area contributed by atoms with Crippen LogP contribution in [0.1, 0.15) is 0 Å². The minimum Gasteiger partial charge on any atom is -0.362 e. The maximum Gasteiger partial charge on any atom is 0.117 e. The Morgan fingerprint density at radius 3 is 2.43 bits per heavy atom. The summed E-state index contributed by atoms with van der Waals surface area (Å²) in [6.45, 7) is 2.35. The summed E-state index contributed by atoms with van der Waals surface area (Å²) in [6.07, 6.45) is 3.11. The van der Waals surface area contributed by atoms with Crippen molar-refractivity contribution in [1.29, 1.82) is 0 Å². The van der Waals surface area contributed by atoms with E-state index >= 15 is 0 Å². The van der Waals surface area contributed by atoms with E-state index in [4.69, 9.17) is 4.74 Å². The van der Waals surface area contributed by atoms with E-state index in [1.807, 2.05) is 0 Å². The zero-order valence-corrected chi connectivity index (χ0v) is 10.2. The second kappa shape index (κ2) is 4.94. The Kier molecular flexibility index (Phi) is 3.84. The first-order chi connectivity index (χ1) is 6.75. The summed E-state index contributed by atoms with van der Waals surface area (Å²) in [5.41, 5.74) is 0. The predicted molar refractivity (Wildman–Crippen MR) is 58.8 cm³/mol. The molecule has 0 aromatic rings. The first-order valence-corrected chi connectivity index (χ1v) is 8.79. The van der Waals surface area contributed by atoms with Crippen molar-refractivity contribution in [2.24, 2.45) is 0 Å². The van der Waals surface area contributed by atoms with Gasteiger partial charge in [-0.25, -0.2) is 0 Å². The van der Waals surface area contributed by atoms with Gasteiger partial charge in [-0.1, -0.05) is 0 Å². The lowest BCUT2D eigenvalue weighted by Crippen LogP contribution is -2.45. The minimum absolute atomic E-state index is 0.0465. The van der Waals surface area contributed by atoms with Gasteiger partial charge in [-0.2, -0.15) is 0 Å². The third-order valence-corrected chi connectivity index (χ3v) is 5.99. The van der Waals surface area contributed by atoms with E-state index in [0.29, 0.717) is 12.8 Å². The Morgan fingerprint density at radius 1 is 1.07 bits per heavy atom. The summed E-state index contributed by atoms with van der Waals surface area (Å²) >= 11 is 0. The molecular weight excluding hydrogens is 220 g/mol. The largest absolute Gasteiger partial charge is 0.362 e. The molecule has 0 amide bonds. The molecule has 2 fully saturated rings. The smallest absolute Gasteiger partial charge is 0.117 e. The van der Waals surface area contributed by atoms with E-state index < -0.39 is 15.6 Å². The van der Waals surface area contributed by atoms with Crippen LogP contribution in [-0.2, 0) is 13.9 Å². The standard InChI is InChI=1S/C8H17NO3P2/c10-13-4-1-9(2-5-13)8-7-14(11)6-3-12-8/h8,13-14H,1-7H2. The van der Waals surface area contributed by atoms with Gasteiger partial charge in [0.25, 0.3) is 0 Å². The van der Waals surface area contributed by atoms with Crippen LogP contribution < -0.4 is 0 Å². The van der Waals surface area contributed by atoms with Crippen LogP contribution in [0.2, 0.25) is 0 Å². The lowest BCUT2D eigenvalue weighted by Gasteiger charge is -2.35. The van der Waals surface area contributed by atoms with E-state index in [-0.39, 0.29) is 6.23 Å². The molecule has 2 heterocycles. The van der Waals surface area contributed by atoms with Crippen molar-refractivity contribution >= 4 is 15.6 Å². The van der Waals surface area contributed by atoms with E-state index in [0.717, 1.165) is 31.6 Å². The van der Waals surface area contributed by atoms with Gasteiger partial charge in [0, 0.05) is 37.7 Å². The van der Waals surface area contributed by atoms with E-state index in [1.54, 1.807) is 0 Å². The molecule has 2 aliphatic heterocycles. The first kappa shape index (κ1) is 10.9. The van der Waals surface area contributed by atoms with Crippen molar-refractivity contribution < 1.29 is 13.9 Å². The monoisotopic (exact) mass is 237 g/mol. The molecule has 4 nitrogen and oxygen atoms in total. The van der Waals surface area contributed by atoms with Gasteiger partial charge >= 0.3 is 0 Å². The van der Waals surface area contributed by atoms with Gasteiger partial charge in [0.05, 0.1) is 22.2 Å². The van der Waals surface area contributed by atoms with Crippen molar-refractivity contribution in [2.75, 3.05) is 44.3 Å². The molecule has 2 saturated heterocycles. The molecule has 6 heteroatoms. The summed E-state index contributed by atoms with van der Waals surface area (Å²) in [7, 11) is -2.68. The van der Waals surface area contributed by atoms with Gasteiger partial charge in [0.1, 0.15) is 6.23 Å². The highest BCUT2D eigenvalue weighted by molar-refractivity contribution is 7.45. The molecule has 14 heavy (non-hydrogen) atoms. The van der Waals surface area contributed by atoms with E-state index in [1.165, 1.54) is 0 Å². The Morgan fingerprint density at radius 2 is 1.79 bits per heavy atom. The van der Waals surface area contributed by atoms with Gasteiger partial charge in [-0.05, 0) is 0 Å². The van der Waals surface area contributed by atoms with Crippen LogP contribution in [0.4, 0.5) is 0 Å². The maximum atomic E-state index is 11.4. The van der Waals surface area contributed by atoms with Crippen molar-refractivity contribution in [3.8, 4) is 0 Å². The van der Waals surface area contributed by atoms with Crippen LogP contribution in [0, 0.1) is 0 Å². The number of nitrogens with zero attached hydrogens (tertiary/aromatic N) is 1. The summed E-state index contributed by atoms with van der Waals surface area (Å²) in [6, 6.07) is 0. The number of rotatable bonds is 1. The van der Waals surface area contributed by atoms with Crippen LogP contribution >= 0.6 is 15.6 Å². The van der Waals surface area contributed by atoms with E-state index in [9.17, 15) is 9.13 Å². The SMILES string of the molecule is O=[PH]1CCN(C2C[PH](=O)CCO2)CC1. The minimum atomic E-state index is -1.39. The maximum absolute atomic E-state index is 11.4. The molecule has 0 aliphatic carbocycles. The topological polar surface area (TPSA) is 46.6 Å². The second-order valence-corrected chi connectivity index (χ2v) is 7.96. The molecule has 0 aromatic heterocycles. The molecule has 0 aromatic carbocycles. The van der Waals surface area contributed by atoms with Crippen molar-refractivity contribution in [3.63, 3.8) is 0 Å². The Balaban J connectivity index is 1.88. The van der Waals surface area contributed by atoms with Gasteiger partial charge in [-0.15, -0.1) is 0 Å². The average Bonchev–Trinajstić information content (AvgIpc) is 2.19. The zero-order valence-electron chi connectivity index (χ0n) is 8.20. The fraction of sp³-hybridized carbons (Fsp3) is 1.00. The van der Waals surface area contributed by atoms with Crippen molar-refractivity contribution in [3.05, 3.63) is 0 Å². The molecule has 0 radical (unpaired) electrons. The third kappa shape index (κ3) is 2.70. The Bertz CT molecular complexity index is 249. The molecule has 82 valence electrons. The molecule has 2 atom stereocenters. The second-order valence-electron chi connectivity index (χ2n) is 3.89. The third-order valence-electron chi connectivity index (χ3n) is 2.86. The molecule has 0 saturated carbocycles. The van der Waals surface area contributed by atoms with Crippen LogP contribution in [0.5, 0.6) is 0 Å². The molecular formula is C8H17NO3P2.